The number of benzene rings is 1. The third-order valence-electron chi connectivity index (χ3n) is 3.78. The average molecular weight is 297 g/mol. The second-order valence-electron chi connectivity index (χ2n) is 5.11. The van der Waals surface area contributed by atoms with Crippen LogP contribution in [0.15, 0.2) is 47.8 Å². The first-order valence-corrected chi connectivity index (χ1v) is 7.76. The van der Waals surface area contributed by atoms with Crippen LogP contribution in [0.4, 0.5) is 11.9 Å². The topological polar surface area (TPSA) is 68.8 Å². The Morgan fingerprint density at radius 1 is 1.19 bits per heavy atom. The molecule has 0 amide bonds. The first-order chi connectivity index (χ1) is 10.3. The molecule has 0 aliphatic carbocycles. The number of rotatable bonds is 2. The minimum absolute atomic E-state index is 0.177. The predicted octanol–water partition coefficient (Wildman–Crippen LogP) is 3.07. The van der Waals surface area contributed by atoms with Crippen molar-refractivity contribution in [1.82, 2.24) is 14.8 Å². The quantitative estimate of drug-likeness (QED) is 0.762. The molecule has 1 aromatic carbocycles. The Balaban J connectivity index is 1.76. The van der Waals surface area contributed by atoms with Gasteiger partial charge in [-0.3, -0.25) is 0 Å². The number of anilines is 2. The Labute approximate surface area is 126 Å². The molecular weight excluding hydrogens is 282 g/mol. The van der Waals surface area contributed by atoms with E-state index in [0.29, 0.717) is 5.95 Å². The zero-order valence-corrected chi connectivity index (χ0v) is 12.1. The van der Waals surface area contributed by atoms with Crippen molar-refractivity contribution in [2.75, 3.05) is 11.1 Å². The van der Waals surface area contributed by atoms with Gasteiger partial charge in [-0.2, -0.15) is 4.98 Å². The Morgan fingerprint density at radius 3 is 2.81 bits per heavy atom. The molecule has 0 unspecified atom stereocenters. The standard InChI is InChI=1S/C15H15N5S/c16-14-18-15-17-11(10-5-2-1-3-6-10)9-12(20(15)19-14)13-7-4-8-21-13/h1-8,11-12H,9H2,(H3,16,17,18,19)/t11-,12+/m1/s1. The van der Waals surface area contributed by atoms with Gasteiger partial charge in [0.25, 0.3) is 0 Å². The molecule has 21 heavy (non-hydrogen) atoms. The molecule has 5 nitrogen and oxygen atoms in total. The molecule has 0 spiro atoms. The predicted molar refractivity (Wildman–Crippen MR) is 84.3 cm³/mol. The molecule has 2 aromatic heterocycles. The molecule has 3 aromatic rings. The van der Waals surface area contributed by atoms with Crippen LogP contribution in [0, 0.1) is 0 Å². The second kappa shape index (κ2) is 4.89. The number of hydrogen-bond donors (Lipinski definition) is 2. The minimum atomic E-state index is 0.177. The van der Waals surface area contributed by atoms with Gasteiger partial charge in [0.2, 0.25) is 11.9 Å². The molecule has 3 N–H and O–H groups in total. The molecule has 2 atom stereocenters. The van der Waals surface area contributed by atoms with E-state index in [2.05, 4.69) is 57.2 Å². The van der Waals surface area contributed by atoms with Gasteiger partial charge in [0.05, 0.1) is 12.1 Å². The van der Waals surface area contributed by atoms with E-state index >= 15 is 0 Å². The third-order valence-corrected chi connectivity index (χ3v) is 4.75. The maximum absolute atomic E-state index is 5.78. The number of hydrogen-bond acceptors (Lipinski definition) is 5. The van der Waals surface area contributed by atoms with Crippen LogP contribution in [0.3, 0.4) is 0 Å². The molecule has 0 saturated heterocycles. The van der Waals surface area contributed by atoms with Gasteiger partial charge in [-0.15, -0.1) is 16.4 Å². The number of nitrogens with two attached hydrogens (primary N) is 1. The number of nitrogens with one attached hydrogen (secondary N) is 1. The zero-order valence-electron chi connectivity index (χ0n) is 11.3. The van der Waals surface area contributed by atoms with Gasteiger partial charge in [-0.05, 0) is 23.4 Å². The number of fused-ring (bicyclic) bond motifs is 1. The molecule has 0 bridgehead atoms. The summed E-state index contributed by atoms with van der Waals surface area (Å²) in [6.45, 7) is 0. The Morgan fingerprint density at radius 2 is 2.05 bits per heavy atom. The van der Waals surface area contributed by atoms with Gasteiger partial charge >= 0.3 is 0 Å². The van der Waals surface area contributed by atoms with E-state index in [1.165, 1.54) is 10.4 Å². The summed E-state index contributed by atoms with van der Waals surface area (Å²) in [7, 11) is 0. The minimum Gasteiger partial charge on any atom is -0.366 e. The third kappa shape index (κ3) is 2.17. The van der Waals surface area contributed by atoms with Crippen molar-refractivity contribution < 1.29 is 0 Å². The summed E-state index contributed by atoms with van der Waals surface area (Å²) in [6.07, 6.45) is 0.931. The van der Waals surface area contributed by atoms with Crippen molar-refractivity contribution in [2.45, 2.75) is 18.5 Å². The van der Waals surface area contributed by atoms with E-state index in [0.717, 1.165) is 12.4 Å². The largest absolute Gasteiger partial charge is 0.366 e. The molecule has 106 valence electrons. The van der Waals surface area contributed by atoms with Crippen LogP contribution in [0.25, 0.3) is 0 Å². The summed E-state index contributed by atoms with van der Waals surface area (Å²) in [5.41, 5.74) is 7.03. The highest BCUT2D eigenvalue weighted by atomic mass is 32.1. The smallest absolute Gasteiger partial charge is 0.241 e. The van der Waals surface area contributed by atoms with E-state index in [9.17, 15) is 0 Å². The summed E-state index contributed by atoms with van der Waals surface area (Å²) in [5.74, 6) is 1.05. The van der Waals surface area contributed by atoms with Gasteiger partial charge in [-0.25, -0.2) is 4.68 Å². The van der Waals surface area contributed by atoms with Gasteiger partial charge in [0.1, 0.15) is 0 Å². The maximum atomic E-state index is 5.78. The molecule has 4 rings (SSSR count). The number of nitrogens with zero attached hydrogens (tertiary/aromatic N) is 3. The van der Waals surface area contributed by atoms with Gasteiger partial charge in [0, 0.05) is 4.88 Å². The molecule has 0 saturated carbocycles. The van der Waals surface area contributed by atoms with Crippen LogP contribution in [-0.4, -0.2) is 14.8 Å². The normalized spacial score (nSPS) is 20.8. The van der Waals surface area contributed by atoms with E-state index in [-0.39, 0.29) is 12.1 Å². The first kappa shape index (κ1) is 12.4. The Bertz CT molecular complexity index is 735. The monoisotopic (exact) mass is 297 g/mol. The average Bonchev–Trinajstić information content (AvgIpc) is 3.15. The summed E-state index contributed by atoms with van der Waals surface area (Å²) in [4.78, 5) is 5.59. The van der Waals surface area contributed by atoms with Crippen molar-refractivity contribution in [2.24, 2.45) is 0 Å². The molecule has 3 heterocycles. The van der Waals surface area contributed by atoms with Gasteiger partial charge < -0.3 is 11.1 Å². The summed E-state index contributed by atoms with van der Waals surface area (Å²) < 4.78 is 1.90. The Kier molecular flexibility index (Phi) is 2.89. The molecule has 0 radical (unpaired) electrons. The van der Waals surface area contributed by atoms with Crippen molar-refractivity contribution in [3.05, 3.63) is 58.3 Å². The van der Waals surface area contributed by atoms with Crippen LogP contribution in [0.5, 0.6) is 0 Å². The lowest BCUT2D eigenvalue weighted by molar-refractivity contribution is 0.437. The lowest BCUT2D eigenvalue weighted by Gasteiger charge is -2.30. The fraction of sp³-hybridized carbons (Fsp3) is 0.200. The Hall–Kier alpha value is -2.34. The van der Waals surface area contributed by atoms with E-state index in [1.54, 1.807) is 11.3 Å². The fourth-order valence-corrected chi connectivity index (χ4v) is 3.64. The van der Waals surface area contributed by atoms with Crippen LogP contribution in [0.1, 0.15) is 28.9 Å². The van der Waals surface area contributed by atoms with Crippen LogP contribution < -0.4 is 11.1 Å². The highest BCUT2D eigenvalue weighted by Gasteiger charge is 2.31. The van der Waals surface area contributed by atoms with Crippen molar-refractivity contribution in [3.63, 3.8) is 0 Å². The van der Waals surface area contributed by atoms with E-state index < -0.39 is 0 Å². The fourth-order valence-electron chi connectivity index (χ4n) is 2.82. The van der Waals surface area contributed by atoms with E-state index in [4.69, 9.17) is 5.73 Å². The zero-order chi connectivity index (χ0) is 14.2. The highest BCUT2D eigenvalue weighted by molar-refractivity contribution is 7.10. The van der Waals surface area contributed by atoms with E-state index in [1.807, 2.05) is 10.7 Å². The van der Waals surface area contributed by atoms with Gasteiger partial charge in [-0.1, -0.05) is 36.4 Å². The SMILES string of the molecule is Nc1nc2n(n1)[C@H](c1cccs1)C[C@H](c1ccccc1)N2. The summed E-state index contributed by atoms with van der Waals surface area (Å²) in [5, 5.41) is 9.88. The number of aromatic nitrogens is 3. The van der Waals surface area contributed by atoms with Crippen LogP contribution in [0.2, 0.25) is 0 Å². The van der Waals surface area contributed by atoms with Crippen LogP contribution >= 0.6 is 11.3 Å². The van der Waals surface area contributed by atoms with Crippen molar-refractivity contribution in [3.8, 4) is 0 Å². The number of thiophene rings is 1. The van der Waals surface area contributed by atoms with Crippen molar-refractivity contribution in [1.29, 1.82) is 0 Å². The summed E-state index contributed by atoms with van der Waals surface area (Å²) >= 11 is 1.74. The van der Waals surface area contributed by atoms with Crippen molar-refractivity contribution >= 4 is 23.2 Å². The second-order valence-corrected chi connectivity index (χ2v) is 6.09. The summed E-state index contributed by atoms with van der Waals surface area (Å²) in [6, 6.07) is 15.0. The lowest BCUT2D eigenvalue weighted by atomic mass is 9.97. The molecule has 0 fully saturated rings. The van der Waals surface area contributed by atoms with Crippen LogP contribution in [-0.2, 0) is 0 Å². The molecule has 6 heteroatoms. The molecular formula is C15H15N5S. The molecule has 1 aliphatic rings. The first-order valence-electron chi connectivity index (χ1n) is 6.88. The number of nitrogen functional groups attached to an aromatic ring is 1. The highest BCUT2D eigenvalue weighted by Crippen LogP contribution is 2.39. The maximum Gasteiger partial charge on any atom is 0.241 e. The molecule has 1 aliphatic heterocycles. The lowest BCUT2D eigenvalue weighted by Crippen LogP contribution is -2.27. The van der Waals surface area contributed by atoms with Gasteiger partial charge in [0.15, 0.2) is 0 Å².